The van der Waals surface area contributed by atoms with Crippen LogP contribution in [0.3, 0.4) is 0 Å². The third-order valence-corrected chi connectivity index (χ3v) is 5.97. The number of morpholine rings is 1. The Bertz CT molecular complexity index is 431. The maximum absolute atomic E-state index is 5.48. The first-order chi connectivity index (χ1) is 11.0. The molecule has 6 heteroatoms. The Hall–Kier alpha value is -0.0800. The summed E-state index contributed by atoms with van der Waals surface area (Å²) < 4.78 is 5.48. The van der Waals surface area contributed by atoms with Crippen LogP contribution in [0, 0.1) is 5.41 Å². The number of nitrogens with zero attached hydrogens (tertiary/aromatic N) is 3. The summed E-state index contributed by atoms with van der Waals surface area (Å²) in [4.78, 5) is 10.0. The van der Waals surface area contributed by atoms with Gasteiger partial charge in [0.2, 0.25) is 0 Å². The van der Waals surface area contributed by atoms with E-state index in [2.05, 4.69) is 35.9 Å². The molecular weight excluding hydrogens is 415 g/mol. The lowest BCUT2D eigenvalue weighted by Crippen LogP contribution is -2.52. The second kappa shape index (κ2) is 8.54. The fourth-order valence-electron chi connectivity index (χ4n) is 4.16. The zero-order valence-electron chi connectivity index (χ0n) is 15.6. The molecule has 0 bridgehead atoms. The van der Waals surface area contributed by atoms with Crippen LogP contribution in [0.15, 0.2) is 4.99 Å². The van der Waals surface area contributed by atoms with Crippen LogP contribution in [-0.2, 0) is 4.74 Å². The Labute approximate surface area is 164 Å². The number of aliphatic imine (C=N–C) groups is 1. The van der Waals surface area contributed by atoms with Crippen molar-refractivity contribution in [1.82, 2.24) is 15.1 Å². The van der Waals surface area contributed by atoms with E-state index in [9.17, 15) is 0 Å². The van der Waals surface area contributed by atoms with Crippen LogP contribution < -0.4 is 5.32 Å². The van der Waals surface area contributed by atoms with Crippen LogP contribution in [0.25, 0.3) is 0 Å². The van der Waals surface area contributed by atoms with Crippen LogP contribution in [0.1, 0.15) is 46.5 Å². The van der Waals surface area contributed by atoms with Gasteiger partial charge in [-0.05, 0) is 45.4 Å². The van der Waals surface area contributed by atoms with Gasteiger partial charge in [-0.1, -0.05) is 6.42 Å². The van der Waals surface area contributed by atoms with E-state index in [1.54, 1.807) is 0 Å². The van der Waals surface area contributed by atoms with Crippen LogP contribution >= 0.6 is 24.0 Å². The van der Waals surface area contributed by atoms with Gasteiger partial charge in [-0.3, -0.25) is 9.89 Å². The highest BCUT2D eigenvalue weighted by molar-refractivity contribution is 14.0. The van der Waals surface area contributed by atoms with Gasteiger partial charge in [-0.15, -0.1) is 24.0 Å². The number of guanidine groups is 1. The number of ether oxygens (including phenoxy) is 1. The number of likely N-dealkylation sites (tertiary alicyclic amines) is 1. The van der Waals surface area contributed by atoms with Crippen molar-refractivity contribution in [2.24, 2.45) is 10.4 Å². The molecule has 3 rings (SSSR count). The van der Waals surface area contributed by atoms with Crippen molar-refractivity contribution in [1.29, 1.82) is 0 Å². The van der Waals surface area contributed by atoms with Gasteiger partial charge in [-0.25, -0.2) is 0 Å². The third kappa shape index (κ3) is 4.55. The minimum Gasteiger partial charge on any atom is -0.379 e. The Morgan fingerprint density at radius 1 is 1.17 bits per heavy atom. The number of hydrogen-bond acceptors (Lipinski definition) is 3. The molecule has 3 aliphatic rings. The van der Waals surface area contributed by atoms with E-state index in [0.29, 0.717) is 5.41 Å². The molecule has 0 aromatic heterocycles. The predicted octanol–water partition coefficient (Wildman–Crippen LogP) is 2.56. The molecule has 24 heavy (non-hydrogen) atoms. The fraction of sp³-hybridized carbons (Fsp3) is 0.944. The molecule has 0 aromatic carbocycles. The average molecular weight is 450 g/mol. The lowest BCUT2D eigenvalue weighted by molar-refractivity contribution is -0.00689. The highest BCUT2D eigenvalue weighted by Crippen LogP contribution is 2.47. The summed E-state index contributed by atoms with van der Waals surface area (Å²) in [6, 6.07) is 0. The molecule has 1 N–H and O–H groups in total. The lowest BCUT2D eigenvalue weighted by atomic mass is 9.68. The molecule has 3 fully saturated rings. The Morgan fingerprint density at radius 3 is 2.42 bits per heavy atom. The van der Waals surface area contributed by atoms with Crippen LogP contribution in [0.5, 0.6) is 0 Å². The van der Waals surface area contributed by atoms with Gasteiger partial charge >= 0.3 is 0 Å². The number of nitrogens with one attached hydrogen (secondary N) is 1. The van der Waals surface area contributed by atoms with Gasteiger partial charge in [0.15, 0.2) is 5.96 Å². The zero-order chi connectivity index (χ0) is 16.3. The van der Waals surface area contributed by atoms with Gasteiger partial charge in [0.05, 0.1) is 19.8 Å². The second-order valence-electron chi connectivity index (χ2n) is 8.11. The smallest absolute Gasteiger partial charge is 0.193 e. The van der Waals surface area contributed by atoms with E-state index in [0.717, 1.165) is 45.4 Å². The fourth-order valence-corrected chi connectivity index (χ4v) is 4.16. The minimum atomic E-state index is 0. The highest BCUT2D eigenvalue weighted by Gasteiger charge is 2.43. The zero-order valence-corrected chi connectivity index (χ0v) is 18.0. The van der Waals surface area contributed by atoms with Gasteiger partial charge in [0.1, 0.15) is 0 Å². The molecule has 1 aliphatic carbocycles. The topological polar surface area (TPSA) is 40.1 Å². The highest BCUT2D eigenvalue weighted by atomic mass is 127. The summed E-state index contributed by atoms with van der Waals surface area (Å²) in [5.41, 5.74) is 0.717. The normalized spacial score (nSPS) is 24.6. The summed E-state index contributed by atoms with van der Waals surface area (Å²) in [6.45, 7) is 14.7. The van der Waals surface area contributed by atoms with Gasteiger partial charge < -0.3 is 15.0 Å². The van der Waals surface area contributed by atoms with Crippen molar-refractivity contribution >= 4 is 29.9 Å². The first kappa shape index (κ1) is 20.2. The standard InChI is InChI=1S/C18H34N4O.HI/c1-4-19-16(21-9-8-18(15-21)6-5-7-18)20-14-17(2,3)22-10-12-23-13-11-22;/h4-15H2,1-3H3,(H,19,20);1H. The molecule has 5 nitrogen and oxygen atoms in total. The maximum atomic E-state index is 5.48. The minimum absolute atomic E-state index is 0. The average Bonchev–Trinajstić information content (AvgIpc) is 2.98. The van der Waals surface area contributed by atoms with Crippen molar-refractivity contribution in [2.45, 2.75) is 52.0 Å². The van der Waals surface area contributed by atoms with Crippen molar-refractivity contribution in [3.63, 3.8) is 0 Å². The summed E-state index contributed by atoms with van der Waals surface area (Å²) in [5, 5.41) is 3.52. The molecule has 0 aromatic rings. The van der Waals surface area contributed by atoms with Crippen molar-refractivity contribution in [3.8, 4) is 0 Å². The van der Waals surface area contributed by atoms with E-state index in [-0.39, 0.29) is 29.5 Å². The Balaban J connectivity index is 0.00000208. The quantitative estimate of drug-likeness (QED) is 0.406. The van der Waals surface area contributed by atoms with Crippen molar-refractivity contribution in [3.05, 3.63) is 0 Å². The van der Waals surface area contributed by atoms with E-state index in [1.807, 2.05) is 0 Å². The summed E-state index contributed by atoms with van der Waals surface area (Å²) in [7, 11) is 0. The lowest BCUT2D eigenvalue weighted by Gasteiger charge is -2.40. The third-order valence-electron chi connectivity index (χ3n) is 5.97. The van der Waals surface area contributed by atoms with Gasteiger partial charge in [0.25, 0.3) is 0 Å². The van der Waals surface area contributed by atoms with E-state index < -0.39 is 0 Å². The molecule has 2 heterocycles. The monoisotopic (exact) mass is 450 g/mol. The molecule has 0 atom stereocenters. The first-order valence-corrected chi connectivity index (χ1v) is 9.41. The molecule has 0 radical (unpaired) electrons. The summed E-state index contributed by atoms with van der Waals surface area (Å²) in [6.07, 6.45) is 5.61. The predicted molar refractivity (Wildman–Crippen MR) is 110 cm³/mol. The molecule has 1 saturated carbocycles. The van der Waals surface area contributed by atoms with E-state index in [4.69, 9.17) is 9.73 Å². The number of hydrogen-bond donors (Lipinski definition) is 1. The van der Waals surface area contributed by atoms with Crippen molar-refractivity contribution < 1.29 is 4.74 Å². The van der Waals surface area contributed by atoms with Crippen LogP contribution in [0.4, 0.5) is 0 Å². The first-order valence-electron chi connectivity index (χ1n) is 9.41. The van der Waals surface area contributed by atoms with Crippen LogP contribution in [-0.4, -0.2) is 73.8 Å². The Kier molecular flexibility index (Phi) is 7.20. The second-order valence-corrected chi connectivity index (χ2v) is 8.11. The molecule has 2 aliphatic heterocycles. The number of rotatable bonds is 4. The van der Waals surface area contributed by atoms with Crippen molar-refractivity contribution in [2.75, 3.05) is 52.5 Å². The van der Waals surface area contributed by atoms with Gasteiger partial charge in [0, 0.05) is 38.3 Å². The molecule has 0 amide bonds. The molecule has 2 saturated heterocycles. The van der Waals surface area contributed by atoms with E-state index in [1.165, 1.54) is 38.8 Å². The van der Waals surface area contributed by atoms with E-state index >= 15 is 0 Å². The maximum Gasteiger partial charge on any atom is 0.193 e. The SMILES string of the molecule is CCNC(=NCC(C)(C)N1CCOCC1)N1CCC2(CCC2)C1.I. The molecular formula is C18H35IN4O. The molecule has 1 spiro atoms. The largest absolute Gasteiger partial charge is 0.379 e. The summed E-state index contributed by atoms with van der Waals surface area (Å²) in [5.74, 6) is 1.12. The van der Waals surface area contributed by atoms with Gasteiger partial charge in [-0.2, -0.15) is 0 Å². The van der Waals surface area contributed by atoms with Crippen LogP contribution in [0.2, 0.25) is 0 Å². The Morgan fingerprint density at radius 2 is 1.88 bits per heavy atom. The molecule has 140 valence electrons. The molecule has 0 unspecified atom stereocenters. The summed E-state index contributed by atoms with van der Waals surface area (Å²) >= 11 is 0. The number of halogens is 1.